The third kappa shape index (κ3) is 4.72. The number of anilines is 2. The number of nitrogens with zero attached hydrogens (tertiary/aromatic N) is 1. The van der Waals surface area contributed by atoms with Crippen LogP contribution in [0.2, 0.25) is 5.02 Å². The first-order chi connectivity index (χ1) is 15.4. The second kappa shape index (κ2) is 9.44. The Kier molecular flexibility index (Phi) is 6.64. The van der Waals surface area contributed by atoms with Gasteiger partial charge < -0.3 is 10.1 Å². The minimum atomic E-state index is -3.76. The molecule has 0 bridgehead atoms. The van der Waals surface area contributed by atoms with E-state index in [1.165, 1.54) is 22.5 Å². The highest BCUT2D eigenvalue weighted by Crippen LogP contribution is 2.35. The van der Waals surface area contributed by atoms with Crippen molar-refractivity contribution in [1.82, 2.24) is 0 Å². The lowest BCUT2D eigenvalue weighted by Crippen LogP contribution is -2.29. The number of amides is 1. The Hall–Kier alpha value is -2.68. The Balaban J connectivity index is 1.44. The summed E-state index contributed by atoms with van der Waals surface area (Å²) in [5.74, 6) is -0.106. The molecule has 166 valence electrons. The summed E-state index contributed by atoms with van der Waals surface area (Å²) >= 11 is 7.86. The topological polar surface area (TPSA) is 75.7 Å². The van der Waals surface area contributed by atoms with Crippen LogP contribution >= 0.6 is 23.4 Å². The minimum absolute atomic E-state index is 0.0740. The Morgan fingerprint density at radius 3 is 2.72 bits per heavy atom. The Labute approximate surface area is 196 Å². The number of carbonyl (C=O) groups is 1. The van der Waals surface area contributed by atoms with Crippen molar-refractivity contribution in [2.24, 2.45) is 0 Å². The molecule has 3 aromatic carbocycles. The van der Waals surface area contributed by atoms with Gasteiger partial charge in [0.05, 0.1) is 15.6 Å². The molecule has 1 aliphatic rings. The van der Waals surface area contributed by atoms with Crippen molar-refractivity contribution >= 4 is 50.7 Å². The van der Waals surface area contributed by atoms with Gasteiger partial charge in [-0.1, -0.05) is 35.9 Å². The van der Waals surface area contributed by atoms with E-state index in [1.54, 1.807) is 23.9 Å². The van der Waals surface area contributed by atoms with Crippen LogP contribution in [0.3, 0.4) is 0 Å². The molecule has 6 nitrogen and oxygen atoms in total. The van der Waals surface area contributed by atoms with E-state index in [4.69, 9.17) is 16.3 Å². The van der Waals surface area contributed by atoms with E-state index < -0.39 is 10.0 Å². The summed E-state index contributed by atoms with van der Waals surface area (Å²) in [4.78, 5) is 13.3. The highest BCUT2D eigenvalue weighted by Gasteiger charge is 2.31. The zero-order chi connectivity index (χ0) is 22.7. The minimum Gasteiger partial charge on any atom is -0.482 e. The lowest BCUT2D eigenvalue weighted by Gasteiger charge is -2.20. The average Bonchev–Trinajstić information content (AvgIpc) is 3.23. The summed E-state index contributed by atoms with van der Waals surface area (Å²) in [5, 5.41) is 2.89. The van der Waals surface area contributed by atoms with Gasteiger partial charge in [0.2, 0.25) is 0 Å². The third-order valence-electron chi connectivity index (χ3n) is 5.05. The van der Waals surface area contributed by atoms with Gasteiger partial charge in [-0.25, -0.2) is 8.42 Å². The molecule has 0 spiro atoms. The maximum absolute atomic E-state index is 13.1. The number of nitrogens with one attached hydrogen (secondary N) is 1. The summed E-state index contributed by atoms with van der Waals surface area (Å²) < 4.78 is 33.2. The lowest BCUT2D eigenvalue weighted by molar-refractivity contribution is -0.118. The molecule has 0 unspecified atom stereocenters. The van der Waals surface area contributed by atoms with Crippen molar-refractivity contribution in [3.63, 3.8) is 0 Å². The van der Waals surface area contributed by atoms with Crippen LogP contribution in [0.15, 0.2) is 76.5 Å². The van der Waals surface area contributed by atoms with Gasteiger partial charge in [0.1, 0.15) is 5.75 Å². The fraction of sp³-hybridized carbons (Fsp3) is 0.174. The van der Waals surface area contributed by atoms with E-state index in [0.717, 1.165) is 10.5 Å². The van der Waals surface area contributed by atoms with Crippen LogP contribution < -0.4 is 14.4 Å². The van der Waals surface area contributed by atoms with Crippen LogP contribution in [-0.4, -0.2) is 33.7 Å². The van der Waals surface area contributed by atoms with Crippen molar-refractivity contribution < 1.29 is 17.9 Å². The number of thioether (sulfide) groups is 1. The largest absolute Gasteiger partial charge is 0.482 e. The standard InChI is InChI=1S/C23H21ClN2O4S2/c1-31-18-7-4-6-17(13-18)25-23(27)15-30-22-10-9-19(14-20(22)24)32(28,29)26-12-11-16-5-2-3-8-21(16)26/h2-10,13-14H,11-12,15H2,1H3,(H,25,27). The number of ether oxygens (including phenoxy) is 1. The molecule has 3 aromatic rings. The van der Waals surface area contributed by atoms with Gasteiger partial charge in [0.15, 0.2) is 6.61 Å². The molecular weight excluding hydrogens is 468 g/mol. The van der Waals surface area contributed by atoms with Gasteiger partial charge in [-0.2, -0.15) is 0 Å². The molecule has 1 N–H and O–H groups in total. The van der Waals surface area contributed by atoms with Crippen molar-refractivity contribution in [2.45, 2.75) is 16.2 Å². The summed E-state index contributed by atoms with van der Waals surface area (Å²) in [6, 6.07) is 19.2. The van der Waals surface area contributed by atoms with E-state index in [9.17, 15) is 13.2 Å². The number of rotatable bonds is 7. The van der Waals surface area contributed by atoms with Crippen LogP contribution in [-0.2, 0) is 21.2 Å². The predicted octanol–water partition coefficient (Wildman–Crippen LogP) is 4.83. The maximum Gasteiger partial charge on any atom is 0.264 e. The Morgan fingerprint density at radius 2 is 1.94 bits per heavy atom. The maximum atomic E-state index is 13.1. The van der Waals surface area contributed by atoms with E-state index in [-0.39, 0.29) is 28.2 Å². The quantitative estimate of drug-likeness (QED) is 0.482. The SMILES string of the molecule is CSc1cccc(NC(=O)COc2ccc(S(=O)(=O)N3CCc4ccccc43)cc2Cl)c1. The second-order valence-corrected chi connectivity index (χ2v) is 10.3. The van der Waals surface area contributed by atoms with Crippen molar-refractivity contribution in [3.05, 3.63) is 77.3 Å². The van der Waals surface area contributed by atoms with Crippen molar-refractivity contribution in [1.29, 1.82) is 0 Å². The van der Waals surface area contributed by atoms with Crippen LogP contribution in [0.5, 0.6) is 5.75 Å². The van der Waals surface area contributed by atoms with Crippen molar-refractivity contribution in [2.75, 3.05) is 29.0 Å². The highest BCUT2D eigenvalue weighted by atomic mass is 35.5. The predicted molar refractivity (Wildman–Crippen MR) is 128 cm³/mol. The number of sulfonamides is 1. The average molecular weight is 489 g/mol. The van der Waals surface area contributed by atoms with Gasteiger partial charge >= 0.3 is 0 Å². The normalized spacial score (nSPS) is 13.0. The van der Waals surface area contributed by atoms with Gasteiger partial charge in [-0.15, -0.1) is 11.8 Å². The van der Waals surface area contributed by atoms with Gasteiger partial charge in [0, 0.05) is 17.1 Å². The van der Waals surface area contributed by atoms with Crippen LogP contribution in [0.1, 0.15) is 5.56 Å². The smallest absolute Gasteiger partial charge is 0.264 e. The number of carbonyl (C=O) groups excluding carboxylic acids is 1. The summed E-state index contributed by atoms with van der Waals surface area (Å²) in [7, 11) is -3.76. The fourth-order valence-electron chi connectivity index (χ4n) is 3.49. The first kappa shape index (κ1) is 22.5. The fourth-order valence-corrected chi connectivity index (χ4v) is 5.77. The zero-order valence-corrected chi connectivity index (χ0v) is 19.6. The lowest BCUT2D eigenvalue weighted by atomic mass is 10.2. The number of fused-ring (bicyclic) bond motifs is 1. The molecule has 0 saturated heterocycles. The zero-order valence-electron chi connectivity index (χ0n) is 17.2. The van der Waals surface area contributed by atoms with E-state index in [1.807, 2.05) is 42.7 Å². The number of benzene rings is 3. The molecule has 0 atom stereocenters. The van der Waals surface area contributed by atoms with E-state index in [2.05, 4.69) is 5.32 Å². The summed E-state index contributed by atoms with van der Waals surface area (Å²) in [6.07, 6.45) is 2.62. The molecule has 0 saturated carbocycles. The van der Waals surface area contributed by atoms with Gasteiger partial charge in [-0.3, -0.25) is 9.10 Å². The molecule has 1 amide bonds. The summed E-state index contributed by atoms with van der Waals surface area (Å²) in [6.45, 7) is 0.129. The molecule has 4 rings (SSSR count). The van der Waals surface area contributed by atoms with Crippen molar-refractivity contribution in [3.8, 4) is 5.75 Å². The molecule has 1 aliphatic heterocycles. The number of halogens is 1. The molecule has 0 aliphatic carbocycles. The molecular formula is C23H21ClN2O4S2. The first-order valence-electron chi connectivity index (χ1n) is 9.85. The number of hydrogen-bond donors (Lipinski definition) is 1. The highest BCUT2D eigenvalue weighted by molar-refractivity contribution is 7.98. The molecule has 9 heteroatoms. The monoisotopic (exact) mass is 488 g/mol. The molecule has 0 fully saturated rings. The van der Waals surface area contributed by atoms with E-state index in [0.29, 0.717) is 24.3 Å². The summed E-state index contributed by atoms with van der Waals surface area (Å²) in [5.41, 5.74) is 2.35. The second-order valence-electron chi connectivity index (χ2n) is 7.12. The van der Waals surface area contributed by atoms with Gasteiger partial charge in [-0.05, 0) is 60.7 Å². The Bertz CT molecular complexity index is 1260. The van der Waals surface area contributed by atoms with Crippen LogP contribution in [0.4, 0.5) is 11.4 Å². The number of hydrogen-bond acceptors (Lipinski definition) is 5. The van der Waals surface area contributed by atoms with E-state index >= 15 is 0 Å². The number of para-hydroxylation sites is 1. The molecule has 1 heterocycles. The molecule has 32 heavy (non-hydrogen) atoms. The molecule has 0 radical (unpaired) electrons. The van der Waals surface area contributed by atoms with Crippen LogP contribution in [0, 0.1) is 0 Å². The third-order valence-corrected chi connectivity index (χ3v) is 7.88. The first-order valence-corrected chi connectivity index (χ1v) is 12.9. The Morgan fingerprint density at radius 1 is 1.12 bits per heavy atom. The van der Waals surface area contributed by atoms with Crippen LogP contribution in [0.25, 0.3) is 0 Å². The van der Waals surface area contributed by atoms with Gasteiger partial charge in [0.25, 0.3) is 15.9 Å². The molecule has 0 aromatic heterocycles.